The van der Waals surface area contributed by atoms with Crippen LogP contribution in [0.1, 0.15) is 42.2 Å². The molecule has 0 spiro atoms. The molecule has 1 aromatic carbocycles. The molecule has 2 aromatic heterocycles. The Kier molecular flexibility index (Phi) is 4.92. The van der Waals surface area contributed by atoms with Gasteiger partial charge in [-0.3, -0.25) is 9.48 Å². The van der Waals surface area contributed by atoms with Crippen LogP contribution in [-0.4, -0.2) is 37.7 Å². The lowest BCUT2D eigenvalue weighted by molar-refractivity contribution is 0.0963. The fourth-order valence-corrected chi connectivity index (χ4v) is 2.55. The van der Waals surface area contributed by atoms with Gasteiger partial charge in [-0.05, 0) is 31.0 Å². The highest BCUT2D eigenvalue weighted by atomic mass is 16.1. The van der Waals surface area contributed by atoms with E-state index in [4.69, 9.17) is 0 Å². The SMILES string of the molecule is CCC(C)n1cc(-c2cn(Cc3cccc(C(=O)NC)c3)nn2)cn1. The Labute approximate surface area is 146 Å². The van der Waals surface area contributed by atoms with Crippen molar-refractivity contribution in [3.05, 3.63) is 54.0 Å². The normalized spacial score (nSPS) is 12.1. The van der Waals surface area contributed by atoms with Gasteiger partial charge in [0.25, 0.3) is 5.91 Å². The Morgan fingerprint density at radius 1 is 1.32 bits per heavy atom. The Hall–Kier alpha value is -2.96. The van der Waals surface area contributed by atoms with Gasteiger partial charge in [0.2, 0.25) is 0 Å². The molecule has 3 rings (SSSR count). The third-order valence-electron chi connectivity index (χ3n) is 4.24. The van der Waals surface area contributed by atoms with Crippen molar-refractivity contribution in [1.82, 2.24) is 30.1 Å². The number of hydrogen-bond donors (Lipinski definition) is 1. The monoisotopic (exact) mass is 338 g/mol. The van der Waals surface area contributed by atoms with Gasteiger partial charge < -0.3 is 5.32 Å². The van der Waals surface area contributed by atoms with E-state index < -0.39 is 0 Å². The van der Waals surface area contributed by atoms with Crippen LogP contribution in [0.4, 0.5) is 0 Å². The van der Waals surface area contributed by atoms with E-state index in [0.717, 1.165) is 23.2 Å². The van der Waals surface area contributed by atoms with Crippen LogP contribution in [0, 0.1) is 0 Å². The lowest BCUT2D eigenvalue weighted by Crippen LogP contribution is -2.18. The summed E-state index contributed by atoms with van der Waals surface area (Å²) in [5, 5.41) is 15.4. The molecule has 0 aliphatic rings. The van der Waals surface area contributed by atoms with E-state index in [1.165, 1.54) is 0 Å². The third kappa shape index (κ3) is 3.76. The van der Waals surface area contributed by atoms with Gasteiger partial charge >= 0.3 is 0 Å². The van der Waals surface area contributed by atoms with Gasteiger partial charge in [-0.25, -0.2) is 4.68 Å². The van der Waals surface area contributed by atoms with Crippen molar-refractivity contribution >= 4 is 5.91 Å². The van der Waals surface area contributed by atoms with Crippen LogP contribution in [0.15, 0.2) is 42.9 Å². The number of carbonyl (C=O) groups excluding carboxylic acids is 1. The maximum atomic E-state index is 11.7. The lowest BCUT2D eigenvalue weighted by Gasteiger charge is -2.07. The molecule has 1 atom stereocenters. The van der Waals surface area contributed by atoms with Crippen molar-refractivity contribution < 1.29 is 4.79 Å². The Bertz CT molecular complexity index is 866. The number of benzene rings is 1. The van der Waals surface area contributed by atoms with Gasteiger partial charge in [0, 0.05) is 30.4 Å². The summed E-state index contributed by atoms with van der Waals surface area (Å²) in [6.45, 7) is 4.82. The molecule has 0 saturated heterocycles. The molecule has 0 fully saturated rings. The molecule has 3 aromatic rings. The van der Waals surface area contributed by atoms with E-state index >= 15 is 0 Å². The Morgan fingerprint density at radius 2 is 2.16 bits per heavy atom. The largest absolute Gasteiger partial charge is 0.355 e. The molecule has 2 heterocycles. The van der Waals surface area contributed by atoms with E-state index in [0.29, 0.717) is 18.2 Å². The molecular formula is C18H22N6O. The molecule has 1 N–H and O–H groups in total. The minimum absolute atomic E-state index is 0.0985. The highest BCUT2D eigenvalue weighted by Gasteiger charge is 2.10. The number of carbonyl (C=O) groups is 1. The van der Waals surface area contributed by atoms with Gasteiger partial charge in [0.1, 0.15) is 5.69 Å². The third-order valence-corrected chi connectivity index (χ3v) is 4.24. The van der Waals surface area contributed by atoms with E-state index in [1.807, 2.05) is 41.5 Å². The molecule has 0 aliphatic carbocycles. The average Bonchev–Trinajstić information content (AvgIpc) is 3.30. The van der Waals surface area contributed by atoms with Crippen molar-refractivity contribution in [3.8, 4) is 11.3 Å². The predicted octanol–water partition coefficient (Wildman–Crippen LogP) is 2.52. The van der Waals surface area contributed by atoms with Gasteiger partial charge in [-0.15, -0.1) is 5.10 Å². The Balaban J connectivity index is 1.76. The first-order valence-electron chi connectivity index (χ1n) is 8.36. The van der Waals surface area contributed by atoms with Crippen molar-refractivity contribution in [1.29, 1.82) is 0 Å². The molecule has 25 heavy (non-hydrogen) atoms. The number of nitrogens with zero attached hydrogens (tertiary/aromatic N) is 5. The average molecular weight is 338 g/mol. The second-order valence-electron chi connectivity index (χ2n) is 6.05. The number of hydrogen-bond acceptors (Lipinski definition) is 4. The summed E-state index contributed by atoms with van der Waals surface area (Å²) in [6.07, 6.45) is 6.72. The topological polar surface area (TPSA) is 77.6 Å². The van der Waals surface area contributed by atoms with Crippen molar-refractivity contribution in [3.63, 3.8) is 0 Å². The molecule has 130 valence electrons. The summed E-state index contributed by atoms with van der Waals surface area (Å²) >= 11 is 0. The summed E-state index contributed by atoms with van der Waals surface area (Å²) < 4.78 is 3.71. The van der Waals surface area contributed by atoms with Crippen LogP contribution in [0.3, 0.4) is 0 Å². The Morgan fingerprint density at radius 3 is 2.92 bits per heavy atom. The number of amides is 1. The first-order valence-corrected chi connectivity index (χ1v) is 8.36. The van der Waals surface area contributed by atoms with Gasteiger partial charge in [0.05, 0.1) is 18.9 Å². The number of aromatic nitrogens is 5. The standard InChI is InChI=1S/C18H22N6O/c1-4-13(2)24-11-16(9-20-24)17-12-23(22-21-17)10-14-6-5-7-15(8-14)18(25)19-3/h5-9,11-13H,4,10H2,1-3H3,(H,19,25). The molecule has 0 radical (unpaired) electrons. The molecular weight excluding hydrogens is 316 g/mol. The minimum Gasteiger partial charge on any atom is -0.355 e. The molecule has 1 amide bonds. The highest BCUT2D eigenvalue weighted by Crippen LogP contribution is 2.18. The molecule has 0 bridgehead atoms. The van der Waals surface area contributed by atoms with Crippen molar-refractivity contribution in [2.24, 2.45) is 0 Å². The molecule has 7 nitrogen and oxygen atoms in total. The smallest absolute Gasteiger partial charge is 0.251 e. The van der Waals surface area contributed by atoms with Crippen molar-refractivity contribution in [2.75, 3.05) is 7.05 Å². The summed E-state index contributed by atoms with van der Waals surface area (Å²) in [5.41, 5.74) is 3.37. The second kappa shape index (κ2) is 7.29. The maximum Gasteiger partial charge on any atom is 0.251 e. The number of nitrogens with one attached hydrogen (secondary N) is 1. The molecule has 0 saturated carbocycles. The predicted molar refractivity (Wildman–Crippen MR) is 95.2 cm³/mol. The van der Waals surface area contributed by atoms with Crippen LogP contribution in [0.5, 0.6) is 0 Å². The highest BCUT2D eigenvalue weighted by molar-refractivity contribution is 5.94. The van der Waals surface area contributed by atoms with Crippen LogP contribution < -0.4 is 5.32 Å². The maximum absolute atomic E-state index is 11.7. The van der Waals surface area contributed by atoms with E-state index in [-0.39, 0.29) is 5.91 Å². The summed E-state index contributed by atoms with van der Waals surface area (Å²) in [4.78, 5) is 11.7. The van der Waals surface area contributed by atoms with E-state index in [1.54, 1.807) is 17.8 Å². The zero-order valence-electron chi connectivity index (χ0n) is 14.7. The fourth-order valence-electron chi connectivity index (χ4n) is 2.55. The van der Waals surface area contributed by atoms with Gasteiger partial charge in [-0.1, -0.05) is 24.3 Å². The number of rotatable bonds is 6. The minimum atomic E-state index is -0.0985. The molecule has 7 heteroatoms. The first kappa shape index (κ1) is 16.9. The quantitative estimate of drug-likeness (QED) is 0.749. The fraction of sp³-hybridized carbons (Fsp3) is 0.333. The van der Waals surface area contributed by atoms with Gasteiger partial charge in [-0.2, -0.15) is 5.10 Å². The lowest BCUT2D eigenvalue weighted by atomic mass is 10.1. The van der Waals surface area contributed by atoms with Crippen LogP contribution in [-0.2, 0) is 6.54 Å². The zero-order chi connectivity index (χ0) is 17.8. The van der Waals surface area contributed by atoms with Crippen molar-refractivity contribution in [2.45, 2.75) is 32.9 Å². The summed E-state index contributed by atoms with van der Waals surface area (Å²) in [5.74, 6) is -0.0985. The van der Waals surface area contributed by atoms with E-state index in [9.17, 15) is 4.79 Å². The zero-order valence-corrected chi connectivity index (χ0v) is 14.7. The first-order chi connectivity index (χ1) is 12.1. The van der Waals surface area contributed by atoms with Gasteiger partial charge in [0.15, 0.2) is 0 Å². The van der Waals surface area contributed by atoms with E-state index in [2.05, 4.69) is 34.6 Å². The summed E-state index contributed by atoms with van der Waals surface area (Å²) in [6, 6.07) is 7.85. The summed E-state index contributed by atoms with van der Waals surface area (Å²) in [7, 11) is 1.62. The molecule has 1 unspecified atom stereocenters. The van der Waals surface area contributed by atoms with Crippen LogP contribution in [0.2, 0.25) is 0 Å². The second-order valence-corrected chi connectivity index (χ2v) is 6.05. The van der Waals surface area contributed by atoms with Crippen LogP contribution in [0.25, 0.3) is 11.3 Å². The molecule has 0 aliphatic heterocycles. The van der Waals surface area contributed by atoms with Crippen LogP contribution >= 0.6 is 0 Å².